The molecular weight excluding hydrogens is 402 g/mol. The lowest BCUT2D eigenvalue weighted by Crippen LogP contribution is -3.00. The number of nitrogens with zero attached hydrogens (tertiary/aromatic N) is 3. The minimum Gasteiger partial charge on any atom is -1.00 e. The zero-order valence-corrected chi connectivity index (χ0v) is 15.5. The van der Waals surface area contributed by atoms with Gasteiger partial charge < -0.3 is 21.7 Å². The predicted octanol–water partition coefficient (Wildman–Crippen LogP) is -0.431. The van der Waals surface area contributed by atoms with E-state index >= 15 is 0 Å². The van der Waals surface area contributed by atoms with Crippen molar-refractivity contribution in [2.75, 3.05) is 7.11 Å². The third-order valence-corrected chi connectivity index (χ3v) is 3.79. The number of hydrogen-bond donors (Lipinski definition) is 0. The highest BCUT2D eigenvalue weighted by Crippen LogP contribution is 2.15. The number of ether oxygens (including phenoxy) is 1. The van der Waals surface area contributed by atoms with Crippen molar-refractivity contribution in [3.8, 4) is 11.4 Å². The molecule has 0 aliphatic carbocycles. The van der Waals surface area contributed by atoms with Gasteiger partial charge in [0.1, 0.15) is 23.8 Å². The number of Topliss-reactive ketones (excluding diaryl/α,β-unsaturated/α-hetero) is 1. The molecule has 0 aliphatic rings. The highest BCUT2D eigenvalue weighted by Gasteiger charge is 2.13. The second-order valence-electron chi connectivity index (χ2n) is 5.42. The minimum absolute atomic E-state index is 0. The van der Waals surface area contributed by atoms with Crippen molar-refractivity contribution in [3.63, 3.8) is 0 Å². The van der Waals surface area contributed by atoms with Crippen LogP contribution in [0.1, 0.15) is 10.4 Å². The van der Waals surface area contributed by atoms with Crippen molar-refractivity contribution in [2.24, 2.45) is 0 Å². The van der Waals surface area contributed by atoms with Gasteiger partial charge in [0.05, 0.1) is 12.0 Å². The molecule has 0 atom stereocenters. The lowest BCUT2D eigenvalue weighted by molar-refractivity contribution is -0.682. The normalized spacial score (nSPS) is 10.0. The molecule has 0 spiro atoms. The first-order valence-electron chi connectivity index (χ1n) is 7.56. The van der Waals surface area contributed by atoms with Crippen molar-refractivity contribution in [3.05, 3.63) is 82.9 Å². The van der Waals surface area contributed by atoms with E-state index in [1.165, 1.54) is 12.1 Å². The van der Waals surface area contributed by atoms with Crippen molar-refractivity contribution < 1.29 is 36.0 Å². The molecule has 0 fully saturated rings. The first kappa shape index (κ1) is 19.3. The monoisotopic (exact) mass is 417 g/mol. The third kappa shape index (κ3) is 4.34. The zero-order chi connectivity index (χ0) is 17.8. The first-order chi connectivity index (χ1) is 12.1. The second-order valence-corrected chi connectivity index (χ2v) is 5.42. The fourth-order valence-corrected chi connectivity index (χ4v) is 2.42. The molecule has 1 heterocycles. The minimum atomic E-state index is -0.437. The van der Waals surface area contributed by atoms with Crippen molar-refractivity contribution in [1.29, 1.82) is 0 Å². The number of nitro benzene ring substituents is 1. The maximum atomic E-state index is 12.3. The van der Waals surface area contributed by atoms with Gasteiger partial charge >= 0.3 is 0 Å². The summed E-state index contributed by atoms with van der Waals surface area (Å²) in [6.45, 7) is 0.201. The third-order valence-electron chi connectivity index (χ3n) is 3.79. The Morgan fingerprint density at radius 3 is 2.38 bits per heavy atom. The molecule has 0 aliphatic heterocycles. The number of non-ortho nitro benzene ring substituents is 1. The van der Waals surface area contributed by atoms with Gasteiger partial charge in [-0.15, -0.1) is 0 Å². The fourth-order valence-electron chi connectivity index (χ4n) is 2.42. The number of nitro groups is 1. The van der Waals surface area contributed by atoms with E-state index in [4.69, 9.17) is 4.74 Å². The van der Waals surface area contributed by atoms with Gasteiger partial charge in [-0.25, -0.2) is 9.13 Å². The molecule has 0 amide bonds. The molecule has 8 heteroatoms. The van der Waals surface area contributed by atoms with Crippen LogP contribution in [-0.2, 0) is 6.54 Å². The summed E-state index contributed by atoms with van der Waals surface area (Å²) >= 11 is 0. The Kier molecular flexibility index (Phi) is 6.24. The first-order valence-corrected chi connectivity index (χ1v) is 7.56. The summed E-state index contributed by atoms with van der Waals surface area (Å²) in [6.07, 6.45) is 5.34. The van der Waals surface area contributed by atoms with Gasteiger partial charge in [0.25, 0.3) is 5.69 Å². The molecule has 0 saturated carbocycles. The van der Waals surface area contributed by atoms with Crippen molar-refractivity contribution in [2.45, 2.75) is 6.54 Å². The largest absolute Gasteiger partial charge is 1.00 e. The van der Waals surface area contributed by atoms with E-state index in [0.29, 0.717) is 11.3 Å². The van der Waals surface area contributed by atoms with Crippen LogP contribution in [0.4, 0.5) is 5.69 Å². The Balaban J connectivity index is 0.00000243. The molecule has 0 N–H and O–H groups in total. The number of imidazole rings is 1. The van der Waals surface area contributed by atoms with Crippen LogP contribution < -0.4 is 26.3 Å². The average Bonchev–Trinajstić information content (AvgIpc) is 3.10. The quantitative estimate of drug-likeness (QED) is 0.236. The smallest absolute Gasteiger partial charge is 0.269 e. The SMILES string of the molecule is COc1ccc(C(=O)C[n+]2ccn(-c3ccc([N+](=O)[O-])cc3)c2)cc1.[Br-]. The maximum Gasteiger partial charge on any atom is 0.269 e. The topological polar surface area (TPSA) is 78.2 Å². The Hall–Kier alpha value is -3.00. The number of ketones is 1. The molecule has 1 aromatic heterocycles. The molecule has 0 bridgehead atoms. The van der Waals surface area contributed by atoms with Gasteiger partial charge in [0, 0.05) is 17.7 Å². The van der Waals surface area contributed by atoms with Crippen LogP contribution in [0.5, 0.6) is 5.75 Å². The van der Waals surface area contributed by atoms with Gasteiger partial charge in [-0.2, -0.15) is 0 Å². The summed E-state index contributed by atoms with van der Waals surface area (Å²) < 4.78 is 8.64. The van der Waals surface area contributed by atoms with Crippen LogP contribution in [-0.4, -0.2) is 22.4 Å². The van der Waals surface area contributed by atoms with E-state index in [1.54, 1.807) is 71.4 Å². The van der Waals surface area contributed by atoms with Gasteiger partial charge in [0.15, 0.2) is 6.54 Å². The lowest BCUT2D eigenvalue weighted by atomic mass is 10.1. The number of aromatic nitrogens is 2. The van der Waals surface area contributed by atoms with Gasteiger partial charge in [-0.3, -0.25) is 14.9 Å². The lowest BCUT2D eigenvalue weighted by Gasteiger charge is -2.01. The average molecular weight is 418 g/mol. The van der Waals surface area contributed by atoms with E-state index in [1.807, 2.05) is 0 Å². The summed E-state index contributed by atoms with van der Waals surface area (Å²) in [6, 6.07) is 13.2. The Morgan fingerprint density at radius 2 is 1.81 bits per heavy atom. The van der Waals surface area contributed by atoms with E-state index in [2.05, 4.69) is 0 Å². The standard InChI is InChI=1S/C18H16N3O4.BrH/c1-25-17-8-2-14(3-9-17)18(22)12-19-10-11-20(13-19)15-4-6-16(7-5-15)21(23)24;/h2-11,13H,12H2,1H3;1H/q+1;/p-1. The molecular formula is C18H16BrN3O4. The Morgan fingerprint density at radius 1 is 1.15 bits per heavy atom. The van der Waals surface area contributed by atoms with Crippen LogP contribution in [0.3, 0.4) is 0 Å². The molecule has 2 aromatic carbocycles. The zero-order valence-electron chi connectivity index (χ0n) is 13.9. The number of hydrogen-bond acceptors (Lipinski definition) is 4. The summed E-state index contributed by atoms with van der Waals surface area (Å²) in [5, 5.41) is 10.7. The Labute approximate surface area is 160 Å². The predicted molar refractivity (Wildman–Crippen MR) is 89.9 cm³/mol. The highest BCUT2D eigenvalue weighted by molar-refractivity contribution is 5.95. The number of halogens is 1. The molecule has 3 aromatic rings. The maximum absolute atomic E-state index is 12.3. The van der Waals surface area contributed by atoms with Gasteiger partial charge in [-0.05, 0) is 36.4 Å². The molecule has 26 heavy (non-hydrogen) atoms. The molecule has 7 nitrogen and oxygen atoms in total. The van der Waals surface area contributed by atoms with E-state index in [9.17, 15) is 14.9 Å². The van der Waals surface area contributed by atoms with E-state index in [-0.39, 0.29) is 35.0 Å². The van der Waals surface area contributed by atoms with Gasteiger partial charge in [0.2, 0.25) is 12.1 Å². The van der Waals surface area contributed by atoms with Crippen LogP contribution in [0.15, 0.2) is 67.3 Å². The summed E-state index contributed by atoms with van der Waals surface area (Å²) in [4.78, 5) is 22.6. The van der Waals surface area contributed by atoms with Crippen molar-refractivity contribution >= 4 is 11.5 Å². The van der Waals surface area contributed by atoms with E-state index < -0.39 is 4.92 Å². The van der Waals surface area contributed by atoms with Crippen LogP contribution in [0.2, 0.25) is 0 Å². The summed E-state index contributed by atoms with van der Waals surface area (Å²) in [5.41, 5.74) is 1.43. The number of methoxy groups -OCH3 is 1. The molecule has 0 saturated heterocycles. The van der Waals surface area contributed by atoms with Crippen LogP contribution >= 0.6 is 0 Å². The van der Waals surface area contributed by atoms with Gasteiger partial charge in [-0.1, -0.05) is 0 Å². The van der Waals surface area contributed by atoms with E-state index in [0.717, 1.165) is 5.69 Å². The van der Waals surface area contributed by atoms with Crippen LogP contribution in [0.25, 0.3) is 5.69 Å². The summed E-state index contributed by atoms with van der Waals surface area (Å²) in [5.74, 6) is 0.683. The number of benzene rings is 2. The number of rotatable bonds is 6. The molecule has 134 valence electrons. The second kappa shape index (κ2) is 8.39. The fraction of sp³-hybridized carbons (Fsp3) is 0.111. The van der Waals surface area contributed by atoms with Crippen LogP contribution in [0, 0.1) is 10.1 Å². The van der Waals surface area contributed by atoms with Crippen molar-refractivity contribution in [1.82, 2.24) is 4.57 Å². The Bertz CT molecular complexity index is 905. The highest BCUT2D eigenvalue weighted by atomic mass is 79.9. The molecule has 3 rings (SSSR count). The molecule has 0 radical (unpaired) electrons. The number of carbonyl (C=O) groups is 1. The summed E-state index contributed by atoms with van der Waals surface area (Å²) in [7, 11) is 1.58. The number of carbonyl (C=O) groups excluding carboxylic acids is 1. The molecule has 0 unspecified atom stereocenters.